The Morgan fingerprint density at radius 3 is 2.75 bits per heavy atom. The zero-order valence-corrected chi connectivity index (χ0v) is 20.7. The average molecular weight is 510 g/mol. The molecule has 36 heavy (non-hydrogen) atoms. The number of thioether (sulfide) groups is 1. The van der Waals surface area contributed by atoms with Crippen LogP contribution in [0.3, 0.4) is 0 Å². The van der Waals surface area contributed by atoms with E-state index in [1.165, 1.54) is 12.1 Å². The Labute approximate surface area is 213 Å². The highest BCUT2D eigenvalue weighted by molar-refractivity contribution is 8.17. The third-order valence-corrected chi connectivity index (χ3v) is 6.70. The maximum Gasteiger partial charge on any atom is 0.289 e. The molecular weight excluding hydrogens is 481 g/mol. The van der Waals surface area contributed by atoms with Gasteiger partial charge in [0.15, 0.2) is 0 Å². The number of amides is 2. The quantitative estimate of drug-likeness (QED) is 0.331. The summed E-state index contributed by atoms with van der Waals surface area (Å²) >= 11 is 0.933. The highest BCUT2D eigenvalue weighted by Gasteiger charge is 2.22. The largest absolute Gasteiger partial charge is 0.464 e. The van der Waals surface area contributed by atoms with Crippen LogP contribution in [0.25, 0.3) is 17.4 Å². The molecule has 1 fully saturated rings. The number of aromatic nitrogens is 2. The third-order valence-electron chi connectivity index (χ3n) is 5.96. The molecule has 0 saturated heterocycles. The van der Waals surface area contributed by atoms with Gasteiger partial charge in [-0.15, -0.1) is 0 Å². The number of hydrogen-bond acceptors (Lipinski definition) is 8. The van der Waals surface area contributed by atoms with Crippen molar-refractivity contribution >= 4 is 35.4 Å². The molecule has 0 unspecified atom stereocenters. The summed E-state index contributed by atoms with van der Waals surface area (Å²) < 4.78 is 19.3. The summed E-state index contributed by atoms with van der Waals surface area (Å²) in [5.41, 5.74) is 2.45. The number of furan rings is 1. The number of imide groups is 1. The van der Waals surface area contributed by atoms with Crippen LogP contribution < -0.4 is 16.0 Å². The molecule has 1 aliphatic carbocycles. The minimum Gasteiger partial charge on any atom is -0.464 e. The highest BCUT2D eigenvalue weighted by atomic mass is 32.2. The predicted octanol–water partition coefficient (Wildman–Crippen LogP) is 5.35. The molecule has 1 saturated carbocycles. The summed E-state index contributed by atoms with van der Waals surface area (Å²) in [5, 5.41) is 8.69. The van der Waals surface area contributed by atoms with E-state index in [1.54, 1.807) is 43.7 Å². The molecule has 4 rings (SSSR count). The molecule has 2 heterocycles. The normalized spacial score (nSPS) is 18.0. The van der Waals surface area contributed by atoms with Crippen molar-refractivity contribution in [2.45, 2.75) is 51.2 Å². The molecule has 3 N–H and O–H groups in total. The Bertz CT molecular complexity index is 1210. The number of benzene rings is 1. The molecule has 3 aromatic rings. The topological polar surface area (TPSA) is 109 Å². The van der Waals surface area contributed by atoms with Gasteiger partial charge in [0, 0.05) is 30.4 Å². The summed E-state index contributed by atoms with van der Waals surface area (Å²) in [5.74, 6) is 0.926. The van der Waals surface area contributed by atoms with Gasteiger partial charge in [0.25, 0.3) is 5.24 Å². The van der Waals surface area contributed by atoms with E-state index < -0.39 is 5.24 Å². The Hall–Kier alpha value is -3.50. The fraction of sp³-hybridized carbons (Fsp3) is 0.308. The Balaban J connectivity index is 1.27. The van der Waals surface area contributed by atoms with E-state index in [0.29, 0.717) is 41.3 Å². The van der Waals surface area contributed by atoms with Crippen molar-refractivity contribution < 1.29 is 18.4 Å². The van der Waals surface area contributed by atoms with Crippen molar-refractivity contribution in [1.82, 2.24) is 20.6 Å². The van der Waals surface area contributed by atoms with Gasteiger partial charge in [-0.1, -0.05) is 6.07 Å². The van der Waals surface area contributed by atoms with Crippen LogP contribution in [0, 0.1) is 5.82 Å². The van der Waals surface area contributed by atoms with E-state index in [4.69, 9.17) is 4.42 Å². The maximum absolute atomic E-state index is 13.8. The van der Waals surface area contributed by atoms with Crippen molar-refractivity contribution in [2.24, 2.45) is 0 Å². The Morgan fingerprint density at radius 1 is 1.19 bits per heavy atom. The lowest BCUT2D eigenvalue weighted by Crippen LogP contribution is -2.37. The molecule has 0 atom stereocenters. The van der Waals surface area contributed by atoms with Gasteiger partial charge in [0.05, 0.1) is 12.0 Å². The first-order valence-corrected chi connectivity index (χ1v) is 12.6. The first-order valence-electron chi connectivity index (χ1n) is 11.8. The van der Waals surface area contributed by atoms with Crippen molar-refractivity contribution in [3.63, 3.8) is 0 Å². The van der Waals surface area contributed by atoms with E-state index in [9.17, 15) is 14.0 Å². The molecule has 8 nitrogen and oxygen atoms in total. The van der Waals surface area contributed by atoms with Crippen molar-refractivity contribution in [3.05, 3.63) is 70.8 Å². The number of halogens is 1. The second-order valence-electron chi connectivity index (χ2n) is 8.56. The second-order valence-corrected chi connectivity index (χ2v) is 9.78. The predicted molar refractivity (Wildman–Crippen MR) is 138 cm³/mol. The van der Waals surface area contributed by atoms with Gasteiger partial charge in [0.2, 0.25) is 12.4 Å². The molecule has 2 amide bonds. The fourth-order valence-electron chi connectivity index (χ4n) is 4.23. The lowest BCUT2D eigenvalue weighted by atomic mass is 9.91. The summed E-state index contributed by atoms with van der Waals surface area (Å²) in [7, 11) is 0. The molecule has 10 heteroatoms. The number of hydrogen-bond donors (Lipinski definition) is 3. The molecule has 0 spiro atoms. The van der Waals surface area contributed by atoms with Crippen molar-refractivity contribution in [3.8, 4) is 11.3 Å². The first kappa shape index (κ1) is 25.6. The third kappa shape index (κ3) is 7.25. The first-order chi connectivity index (χ1) is 17.5. The van der Waals surface area contributed by atoms with Gasteiger partial charge in [0.1, 0.15) is 11.6 Å². The lowest BCUT2D eigenvalue weighted by Gasteiger charge is -2.30. The van der Waals surface area contributed by atoms with E-state index >= 15 is 0 Å². The van der Waals surface area contributed by atoms with Crippen molar-refractivity contribution in [1.29, 1.82) is 0 Å². The van der Waals surface area contributed by atoms with Gasteiger partial charge in [-0.3, -0.25) is 14.9 Å². The van der Waals surface area contributed by atoms with Crippen LogP contribution >= 0.6 is 11.8 Å². The van der Waals surface area contributed by atoms with Gasteiger partial charge >= 0.3 is 0 Å². The summed E-state index contributed by atoms with van der Waals surface area (Å²) in [6, 6.07) is 10.8. The number of rotatable bonds is 9. The minimum absolute atomic E-state index is 0.264. The van der Waals surface area contributed by atoms with E-state index in [2.05, 4.69) is 25.9 Å². The smallest absolute Gasteiger partial charge is 0.289 e. The van der Waals surface area contributed by atoms with Crippen LogP contribution in [0.5, 0.6) is 0 Å². The van der Waals surface area contributed by atoms with E-state index in [1.807, 2.05) is 6.07 Å². The van der Waals surface area contributed by atoms with Gasteiger partial charge in [-0.05, 0) is 91.2 Å². The molecule has 2 aromatic heterocycles. The Morgan fingerprint density at radius 2 is 2.00 bits per heavy atom. The lowest BCUT2D eigenvalue weighted by molar-refractivity contribution is -0.108. The molecule has 1 aliphatic rings. The maximum atomic E-state index is 13.8. The molecular formula is C26H28FN5O3S. The number of carbonyl (C=O) groups is 2. The van der Waals surface area contributed by atoms with E-state index in [0.717, 1.165) is 48.6 Å². The van der Waals surface area contributed by atoms with Crippen LogP contribution in [0.2, 0.25) is 0 Å². The number of carbonyl (C=O) groups excluding carboxylic acids is 2. The Kier molecular flexibility index (Phi) is 8.85. The minimum atomic E-state index is -0.437. The molecule has 188 valence electrons. The molecule has 0 radical (unpaired) electrons. The zero-order chi connectivity index (χ0) is 25.3. The van der Waals surface area contributed by atoms with Crippen LogP contribution in [0.1, 0.15) is 43.9 Å². The number of nitrogens with one attached hydrogen (secondary N) is 3. The average Bonchev–Trinajstić information content (AvgIpc) is 3.39. The van der Waals surface area contributed by atoms with Crippen LogP contribution in [-0.4, -0.2) is 33.7 Å². The zero-order valence-electron chi connectivity index (χ0n) is 19.9. The van der Waals surface area contributed by atoms with Gasteiger partial charge in [-0.25, -0.2) is 14.4 Å². The van der Waals surface area contributed by atoms with Gasteiger partial charge in [-0.2, -0.15) is 0 Å². The SMILES string of the molecule is C/C(=C/c1ccnc(N[C@H]2CC[C@H](NCc3ccc(F)cc3-c3ccco3)CC2)n1)SC(=O)NC=O. The van der Waals surface area contributed by atoms with Crippen LogP contribution in [-0.2, 0) is 11.3 Å². The monoisotopic (exact) mass is 509 g/mol. The molecule has 0 bridgehead atoms. The fourth-order valence-corrected chi connectivity index (χ4v) is 4.81. The standard InChI is InChI=1S/C26H28FN5O3S/c1-17(36-26(34)30-16-33)13-22-10-11-28-25(32-22)31-21-8-6-20(7-9-21)29-15-18-4-5-19(27)14-23(18)24-3-2-12-35-24/h2-5,10-14,16,20-21,29H,6-9,15H2,1H3,(H,28,31,32)(H,30,33,34)/b17-13-/t20-,21-. The summed E-state index contributed by atoms with van der Waals surface area (Å²) in [6.45, 7) is 2.42. The van der Waals surface area contributed by atoms with Crippen LogP contribution in [0.4, 0.5) is 15.1 Å². The van der Waals surface area contributed by atoms with Crippen LogP contribution in [0.15, 0.2) is 58.2 Å². The van der Waals surface area contributed by atoms with E-state index in [-0.39, 0.29) is 11.9 Å². The molecule has 1 aromatic carbocycles. The second kappa shape index (κ2) is 12.5. The van der Waals surface area contributed by atoms with Gasteiger partial charge < -0.3 is 15.1 Å². The summed E-state index contributed by atoms with van der Waals surface area (Å²) in [6.07, 6.45) is 9.34. The van der Waals surface area contributed by atoms with Crippen molar-refractivity contribution in [2.75, 3.05) is 5.32 Å². The number of allylic oxidation sites excluding steroid dienone is 1. The molecule has 0 aliphatic heterocycles. The highest BCUT2D eigenvalue weighted by Crippen LogP contribution is 2.27. The number of nitrogens with zero attached hydrogens (tertiary/aromatic N) is 2. The number of anilines is 1. The summed E-state index contributed by atoms with van der Waals surface area (Å²) in [4.78, 5) is 31.5.